The van der Waals surface area contributed by atoms with Crippen molar-refractivity contribution in [3.05, 3.63) is 80.6 Å². The van der Waals surface area contributed by atoms with Gasteiger partial charge in [0.25, 0.3) is 0 Å². The van der Waals surface area contributed by atoms with E-state index in [0.717, 1.165) is 28.7 Å². The number of allylic oxidation sites excluding steroid dienone is 2. The van der Waals surface area contributed by atoms with Gasteiger partial charge in [-0.25, -0.2) is 4.39 Å². The van der Waals surface area contributed by atoms with Gasteiger partial charge in [0.1, 0.15) is 12.4 Å². The van der Waals surface area contributed by atoms with E-state index < -0.39 is 5.82 Å². The molecule has 0 aliphatic rings. The molecule has 0 saturated carbocycles. The number of benzene rings is 2. The minimum atomic E-state index is -0.551. The molecule has 0 heterocycles. The summed E-state index contributed by atoms with van der Waals surface area (Å²) in [5.74, 6) is 2.53. The molecule has 0 amide bonds. The van der Waals surface area contributed by atoms with Crippen molar-refractivity contribution in [3.63, 3.8) is 0 Å². The lowest BCUT2D eigenvalue weighted by Crippen LogP contribution is -2.19. The summed E-state index contributed by atoms with van der Waals surface area (Å²) in [6.45, 7) is 21.4. The average Bonchev–Trinajstić information content (AvgIpc) is 3.02. The van der Waals surface area contributed by atoms with Crippen LogP contribution in [0, 0.1) is 37.5 Å². The van der Waals surface area contributed by atoms with E-state index in [0.29, 0.717) is 28.2 Å². The van der Waals surface area contributed by atoms with E-state index in [1.54, 1.807) is 25.1 Å². The quantitative estimate of drug-likeness (QED) is 0.0568. The first-order chi connectivity index (χ1) is 21.3. The van der Waals surface area contributed by atoms with Crippen LogP contribution >= 0.6 is 11.6 Å². The second-order valence-electron chi connectivity index (χ2n) is 9.64. The van der Waals surface area contributed by atoms with Crippen molar-refractivity contribution in [2.75, 3.05) is 12.1 Å². The predicted octanol–water partition coefficient (Wildman–Crippen LogP) is 9.17. The first-order valence-electron chi connectivity index (χ1n) is 15.2. The van der Waals surface area contributed by atoms with Gasteiger partial charge in [-0.15, -0.1) is 0 Å². The molecule has 0 aliphatic carbocycles. The van der Waals surface area contributed by atoms with E-state index in [1.165, 1.54) is 13.0 Å². The Morgan fingerprint density at radius 1 is 1.20 bits per heavy atom. The monoisotopic (exact) mass is 645 g/mol. The molecule has 1 unspecified atom stereocenters. The van der Waals surface area contributed by atoms with Gasteiger partial charge in [-0.1, -0.05) is 93.6 Å². The van der Waals surface area contributed by atoms with E-state index in [2.05, 4.69) is 30.8 Å². The smallest absolute Gasteiger partial charge is 0.302 e. The number of aliphatic hydroxyl groups excluding tert-OH is 1. The highest BCUT2D eigenvalue weighted by molar-refractivity contribution is 6.32. The third-order valence-corrected chi connectivity index (χ3v) is 6.85. The van der Waals surface area contributed by atoms with E-state index in [9.17, 15) is 9.18 Å². The maximum Gasteiger partial charge on any atom is 0.302 e. The predicted molar refractivity (Wildman–Crippen MR) is 188 cm³/mol. The van der Waals surface area contributed by atoms with Crippen LogP contribution in [0.1, 0.15) is 97.4 Å². The normalized spacial score (nSPS) is 11.9. The number of carbonyl (C=O) groups is 1. The SMILES string of the molecule is C/C=C(\C(C(N)=NC#CCC)=C(\C)C(C)CC)c1cccc(NO)c1F.CC.CC(=O)OCc1cc(C)cc(C)c1Cl.CCO. The second-order valence-corrected chi connectivity index (χ2v) is 10.0. The fourth-order valence-corrected chi connectivity index (χ4v) is 4.09. The maximum absolute atomic E-state index is 14.8. The topological polar surface area (TPSA) is 117 Å². The lowest BCUT2D eigenvalue weighted by atomic mass is 9.87. The Morgan fingerprint density at radius 2 is 1.80 bits per heavy atom. The number of anilines is 1. The van der Waals surface area contributed by atoms with Crippen LogP contribution in [-0.4, -0.2) is 28.7 Å². The first-order valence-corrected chi connectivity index (χ1v) is 15.6. The molecule has 45 heavy (non-hydrogen) atoms. The van der Waals surface area contributed by atoms with Gasteiger partial charge >= 0.3 is 5.97 Å². The number of esters is 1. The number of hydrogen-bond donors (Lipinski definition) is 4. The van der Waals surface area contributed by atoms with E-state index >= 15 is 0 Å². The molecule has 5 N–H and O–H groups in total. The van der Waals surface area contributed by atoms with Crippen LogP contribution in [-0.2, 0) is 16.1 Å². The van der Waals surface area contributed by atoms with Gasteiger partial charge in [-0.3, -0.25) is 15.5 Å². The molecule has 0 aliphatic heterocycles. The number of aryl methyl sites for hydroxylation is 2. The van der Waals surface area contributed by atoms with Gasteiger partial charge in [0.05, 0.1) is 10.7 Å². The zero-order chi connectivity index (χ0) is 35.1. The number of ether oxygens (including phenoxy) is 1. The highest BCUT2D eigenvalue weighted by Crippen LogP contribution is 2.33. The molecule has 0 bridgehead atoms. The van der Waals surface area contributed by atoms with Crippen molar-refractivity contribution in [2.24, 2.45) is 16.6 Å². The average molecular weight is 646 g/mol. The number of aliphatic hydroxyl groups is 1. The number of halogens is 2. The number of carbonyl (C=O) groups excluding carboxylic acids is 1. The third-order valence-electron chi connectivity index (χ3n) is 6.31. The fraction of sp³-hybridized carbons (Fsp3) is 0.444. The van der Waals surface area contributed by atoms with Crippen LogP contribution in [0.3, 0.4) is 0 Å². The molecule has 0 fully saturated rings. The summed E-state index contributed by atoms with van der Waals surface area (Å²) in [5, 5.41) is 17.4. The van der Waals surface area contributed by atoms with Gasteiger partial charge in [-0.05, 0) is 64.2 Å². The molecule has 2 aromatic rings. The fourth-order valence-electron chi connectivity index (χ4n) is 3.92. The van der Waals surface area contributed by atoms with Gasteiger partial charge in [0.15, 0.2) is 5.82 Å². The summed E-state index contributed by atoms with van der Waals surface area (Å²) in [5.41, 5.74) is 13.8. The Morgan fingerprint density at radius 3 is 2.29 bits per heavy atom. The van der Waals surface area contributed by atoms with E-state index in [4.69, 9.17) is 32.4 Å². The summed E-state index contributed by atoms with van der Waals surface area (Å²) in [6, 6.07) is 11.4. The van der Waals surface area contributed by atoms with E-state index in [1.807, 2.05) is 66.1 Å². The molecule has 0 spiro atoms. The number of aliphatic imine (C=N–C) groups is 1. The van der Waals surface area contributed by atoms with Crippen molar-refractivity contribution in [1.29, 1.82) is 0 Å². The van der Waals surface area contributed by atoms with Gasteiger partial charge in [0, 0.05) is 42.7 Å². The second kappa shape index (κ2) is 24.7. The Bertz CT molecular complexity index is 1360. The first kappa shape index (κ1) is 43.5. The summed E-state index contributed by atoms with van der Waals surface area (Å²) < 4.78 is 19.7. The number of rotatable bonds is 8. The molecule has 0 aromatic heterocycles. The van der Waals surface area contributed by atoms with Gasteiger partial charge in [-0.2, -0.15) is 4.99 Å². The maximum atomic E-state index is 14.8. The van der Waals surface area contributed by atoms with Crippen LogP contribution in [0.5, 0.6) is 0 Å². The molecular weight excluding hydrogens is 593 g/mol. The number of nitrogens with two attached hydrogens (primary N) is 1. The highest BCUT2D eigenvalue weighted by Gasteiger charge is 2.21. The zero-order valence-electron chi connectivity index (χ0n) is 28.9. The van der Waals surface area contributed by atoms with Gasteiger partial charge < -0.3 is 15.6 Å². The molecule has 1 atom stereocenters. The molecule has 2 aromatic carbocycles. The van der Waals surface area contributed by atoms with Crippen molar-refractivity contribution in [2.45, 2.75) is 95.6 Å². The largest absolute Gasteiger partial charge is 0.461 e. The standard InChI is InChI=1S/C21H28FN3O.C11H13ClO2.C2H6O.C2H6/c1-6-9-13-24-21(23)19(15(5)14(4)7-2)16(8-3)17-11-10-12-18(25-26)20(17)22;1-7-4-8(2)11(12)10(5-7)6-14-9(3)13;1-2-3;1-2/h8,10-12,14,25-26H,6-7H2,1-5H3,(H2,23,24);4-5H,6H2,1-3H3;3H,2H2,1H3;1-2H3/b16-8-,19-15+;;;. The summed E-state index contributed by atoms with van der Waals surface area (Å²) in [7, 11) is 0. The lowest BCUT2D eigenvalue weighted by molar-refractivity contribution is -0.142. The van der Waals surface area contributed by atoms with Crippen LogP contribution in [0.25, 0.3) is 5.57 Å². The van der Waals surface area contributed by atoms with Crippen molar-refractivity contribution < 1.29 is 24.2 Å². The van der Waals surface area contributed by atoms with Crippen LogP contribution in [0.15, 0.2) is 52.5 Å². The Hall–Kier alpha value is -3.64. The van der Waals surface area contributed by atoms with Crippen LogP contribution in [0.2, 0.25) is 5.02 Å². The minimum Gasteiger partial charge on any atom is -0.461 e. The number of hydrogen-bond acceptors (Lipinski definition) is 6. The highest BCUT2D eigenvalue weighted by atomic mass is 35.5. The Labute approximate surface area is 275 Å². The number of nitrogens with one attached hydrogen (secondary N) is 1. The van der Waals surface area contributed by atoms with Crippen molar-refractivity contribution in [1.82, 2.24) is 0 Å². The molecule has 0 radical (unpaired) electrons. The molecule has 9 heteroatoms. The molecule has 0 saturated heterocycles. The van der Waals surface area contributed by atoms with Gasteiger partial charge in [0.2, 0.25) is 0 Å². The summed E-state index contributed by atoms with van der Waals surface area (Å²) in [4.78, 5) is 14.8. The molecular formula is C36H53ClFN3O4. The van der Waals surface area contributed by atoms with Crippen LogP contribution in [0.4, 0.5) is 10.1 Å². The number of nitrogens with zero attached hydrogens (tertiary/aromatic N) is 1. The lowest BCUT2D eigenvalue weighted by Gasteiger charge is -2.20. The molecule has 2 rings (SSSR count). The number of amidine groups is 1. The third kappa shape index (κ3) is 15.3. The summed E-state index contributed by atoms with van der Waals surface area (Å²) in [6.07, 6.45) is 3.40. The molecule has 250 valence electrons. The Kier molecular flexibility index (Phi) is 23.8. The minimum absolute atomic E-state index is 0.00341. The Balaban J connectivity index is 0. The van der Waals surface area contributed by atoms with E-state index in [-0.39, 0.29) is 36.6 Å². The van der Waals surface area contributed by atoms with Crippen LogP contribution < -0.4 is 11.2 Å². The van der Waals surface area contributed by atoms with Crippen molar-refractivity contribution in [3.8, 4) is 12.0 Å². The molecule has 7 nitrogen and oxygen atoms in total. The summed E-state index contributed by atoms with van der Waals surface area (Å²) >= 11 is 6.06. The zero-order valence-corrected chi connectivity index (χ0v) is 29.6. The van der Waals surface area contributed by atoms with Crippen molar-refractivity contribution >= 4 is 34.7 Å².